The molecule has 150 valence electrons. The second-order valence-electron chi connectivity index (χ2n) is 7.82. The Labute approximate surface area is 169 Å². The van der Waals surface area contributed by atoms with Crippen LogP contribution >= 0.6 is 0 Å². The van der Waals surface area contributed by atoms with Crippen molar-refractivity contribution in [1.29, 1.82) is 0 Å². The first-order valence-corrected chi connectivity index (χ1v) is 9.99. The summed E-state index contributed by atoms with van der Waals surface area (Å²) in [5.41, 5.74) is 6.05. The van der Waals surface area contributed by atoms with Crippen molar-refractivity contribution in [2.75, 3.05) is 7.11 Å². The predicted octanol–water partition coefficient (Wildman–Crippen LogP) is 4.56. The van der Waals surface area contributed by atoms with Crippen LogP contribution in [0.3, 0.4) is 0 Å². The highest BCUT2D eigenvalue weighted by Crippen LogP contribution is 2.50. The number of hydrazine groups is 1. The summed E-state index contributed by atoms with van der Waals surface area (Å²) < 4.78 is 11.8. The summed E-state index contributed by atoms with van der Waals surface area (Å²) in [5.74, 6) is 1.55. The van der Waals surface area contributed by atoms with Crippen LogP contribution in [0.1, 0.15) is 49.3 Å². The highest BCUT2D eigenvalue weighted by molar-refractivity contribution is 5.68. The van der Waals surface area contributed by atoms with Gasteiger partial charge in [-0.3, -0.25) is 10.1 Å². The van der Waals surface area contributed by atoms with Gasteiger partial charge in [-0.2, -0.15) is 5.01 Å². The molecule has 0 bridgehead atoms. The van der Waals surface area contributed by atoms with Gasteiger partial charge in [0, 0.05) is 30.5 Å². The van der Waals surface area contributed by atoms with E-state index >= 15 is 0 Å². The van der Waals surface area contributed by atoms with Crippen LogP contribution in [0.5, 0.6) is 11.5 Å². The predicted molar refractivity (Wildman–Crippen MR) is 108 cm³/mol. The van der Waals surface area contributed by atoms with E-state index in [4.69, 9.17) is 9.47 Å². The molecule has 1 saturated carbocycles. The molecule has 0 saturated heterocycles. The minimum absolute atomic E-state index is 0.0817. The van der Waals surface area contributed by atoms with E-state index in [1.807, 2.05) is 24.3 Å². The van der Waals surface area contributed by atoms with Gasteiger partial charge in [-0.15, -0.1) is 0 Å². The molecule has 2 heterocycles. The zero-order valence-corrected chi connectivity index (χ0v) is 16.3. The minimum atomic E-state index is -0.434. The van der Waals surface area contributed by atoms with E-state index < -0.39 is 5.72 Å². The number of fused-ring (bicyclic) bond motifs is 4. The van der Waals surface area contributed by atoms with Crippen LogP contribution in [0.4, 0.5) is 5.69 Å². The van der Waals surface area contributed by atoms with E-state index in [0.717, 1.165) is 54.0 Å². The molecule has 0 aromatic heterocycles. The maximum atomic E-state index is 11.3. The molecule has 1 fully saturated rings. The lowest BCUT2D eigenvalue weighted by Gasteiger charge is -2.50. The summed E-state index contributed by atoms with van der Waals surface area (Å²) in [6.45, 7) is 0. The molecule has 2 aliphatic heterocycles. The Kier molecular flexibility index (Phi) is 4.20. The second-order valence-corrected chi connectivity index (χ2v) is 7.82. The normalized spacial score (nSPS) is 22.1. The van der Waals surface area contributed by atoms with E-state index in [1.165, 1.54) is 12.5 Å². The van der Waals surface area contributed by atoms with Crippen molar-refractivity contribution in [3.63, 3.8) is 0 Å². The van der Waals surface area contributed by atoms with Gasteiger partial charge >= 0.3 is 0 Å². The third kappa shape index (κ3) is 2.93. The van der Waals surface area contributed by atoms with Crippen molar-refractivity contribution in [1.82, 2.24) is 10.4 Å². The fourth-order valence-electron chi connectivity index (χ4n) is 4.66. The number of nitro groups is 1. The monoisotopic (exact) mass is 393 g/mol. The van der Waals surface area contributed by atoms with E-state index in [2.05, 4.69) is 16.5 Å². The van der Waals surface area contributed by atoms with Crippen molar-refractivity contribution < 1.29 is 14.4 Å². The number of nitro benzene ring substituents is 1. The summed E-state index contributed by atoms with van der Waals surface area (Å²) in [5, 5.41) is 13.5. The Balaban J connectivity index is 1.58. The van der Waals surface area contributed by atoms with Crippen LogP contribution in [0, 0.1) is 10.1 Å². The van der Waals surface area contributed by atoms with E-state index in [0.29, 0.717) is 0 Å². The topological polar surface area (TPSA) is 76.9 Å². The van der Waals surface area contributed by atoms with Gasteiger partial charge < -0.3 is 14.9 Å². The average Bonchev–Trinajstić information content (AvgIpc) is 3.21. The lowest BCUT2D eigenvalue weighted by molar-refractivity contribution is -0.385. The molecule has 2 aromatic rings. The number of hydrogen-bond donors (Lipinski definition) is 1. The van der Waals surface area contributed by atoms with E-state index in [9.17, 15) is 10.1 Å². The van der Waals surface area contributed by atoms with Gasteiger partial charge in [-0.1, -0.05) is 6.42 Å². The molecule has 0 radical (unpaired) electrons. The van der Waals surface area contributed by atoms with Gasteiger partial charge in [-0.05, 0) is 54.8 Å². The van der Waals surface area contributed by atoms with Gasteiger partial charge in [0.1, 0.15) is 11.5 Å². The lowest BCUT2D eigenvalue weighted by atomic mass is 9.87. The van der Waals surface area contributed by atoms with Crippen LogP contribution in [-0.2, 0) is 0 Å². The number of hydrogen-bond acceptors (Lipinski definition) is 6. The Morgan fingerprint density at radius 1 is 1.17 bits per heavy atom. The fourth-order valence-corrected chi connectivity index (χ4v) is 4.66. The summed E-state index contributed by atoms with van der Waals surface area (Å²) in [4.78, 5) is 11.0. The first-order chi connectivity index (χ1) is 14.1. The Morgan fingerprint density at radius 2 is 1.93 bits per heavy atom. The molecule has 0 amide bonds. The number of ether oxygens (including phenoxy) is 2. The second kappa shape index (κ2) is 6.77. The lowest BCUT2D eigenvalue weighted by Crippen LogP contribution is -2.60. The minimum Gasteiger partial charge on any atom is -0.497 e. The van der Waals surface area contributed by atoms with Crippen molar-refractivity contribution in [3.05, 3.63) is 69.8 Å². The number of benzene rings is 2. The van der Waals surface area contributed by atoms with Gasteiger partial charge in [0.05, 0.1) is 23.8 Å². The van der Waals surface area contributed by atoms with E-state index in [1.54, 1.807) is 19.2 Å². The molecular formula is C22H23N3O4. The summed E-state index contributed by atoms with van der Waals surface area (Å²) in [6, 6.07) is 12.7. The fraction of sp³-hybridized carbons (Fsp3) is 0.364. The molecule has 1 spiro atoms. The van der Waals surface area contributed by atoms with Crippen molar-refractivity contribution in [2.24, 2.45) is 0 Å². The van der Waals surface area contributed by atoms with Crippen molar-refractivity contribution >= 4 is 11.4 Å². The SMILES string of the molecule is COc1ccc(C2=C[C@H]3c4cc([N+](=O)[O-])ccc4OC4(CCCCC4)N3N2)cc1. The standard InChI is InChI=1S/C22H23N3O4/c1-28-17-8-5-15(6-9-17)19-14-20-18-13-16(25(26)27)7-10-21(18)29-22(24(20)23-19)11-3-2-4-12-22/h5-10,13-14,20,23H,2-4,11-12H2,1H3/t20-/m0/s1. The van der Waals surface area contributed by atoms with Crippen LogP contribution in [0.2, 0.25) is 0 Å². The molecule has 2 aromatic carbocycles. The summed E-state index contributed by atoms with van der Waals surface area (Å²) >= 11 is 0. The highest BCUT2D eigenvalue weighted by Gasteiger charge is 2.50. The van der Waals surface area contributed by atoms with Crippen LogP contribution in [-0.4, -0.2) is 22.8 Å². The zero-order valence-electron chi connectivity index (χ0n) is 16.3. The Bertz CT molecular complexity index is 980. The highest BCUT2D eigenvalue weighted by atomic mass is 16.6. The number of non-ortho nitro benzene ring substituents is 1. The van der Waals surface area contributed by atoms with Crippen molar-refractivity contribution in [2.45, 2.75) is 43.9 Å². The third-order valence-electron chi connectivity index (χ3n) is 6.14. The molecule has 7 heteroatoms. The Hall–Kier alpha value is -3.06. The third-order valence-corrected chi connectivity index (χ3v) is 6.14. The van der Waals surface area contributed by atoms with Gasteiger partial charge in [0.2, 0.25) is 0 Å². The van der Waals surface area contributed by atoms with Crippen molar-refractivity contribution in [3.8, 4) is 11.5 Å². The number of nitrogens with one attached hydrogen (secondary N) is 1. The van der Waals surface area contributed by atoms with Gasteiger partial charge in [0.15, 0.2) is 5.72 Å². The Morgan fingerprint density at radius 3 is 2.62 bits per heavy atom. The number of nitrogens with zero attached hydrogens (tertiary/aromatic N) is 2. The first-order valence-electron chi connectivity index (χ1n) is 9.99. The first kappa shape index (κ1) is 18.0. The summed E-state index contributed by atoms with van der Waals surface area (Å²) in [6.07, 6.45) is 7.40. The van der Waals surface area contributed by atoms with Crippen LogP contribution in [0.25, 0.3) is 5.70 Å². The molecule has 5 rings (SSSR count). The number of rotatable bonds is 3. The van der Waals surface area contributed by atoms with E-state index in [-0.39, 0.29) is 16.7 Å². The van der Waals surface area contributed by atoms with Gasteiger partial charge in [-0.25, -0.2) is 0 Å². The summed E-state index contributed by atoms with van der Waals surface area (Å²) in [7, 11) is 1.65. The zero-order chi connectivity index (χ0) is 20.0. The molecule has 0 unspecified atom stereocenters. The molecular weight excluding hydrogens is 370 g/mol. The molecule has 29 heavy (non-hydrogen) atoms. The molecule has 1 aliphatic carbocycles. The quantitative estimate of drug-likeness (QED) is 0.609. The molecule has 1 atom stereocenters. The number of methoxy groups -OCH3 is 1. The van der Waals surface area contributed by atoms with Crippen LogP contribution in [0.15, 0.2) is 48.5 Å². The molecule has 1 N–H and O–H groups in total. The molecule has 3 aliphatic rings. The van der Waals surface area contributed by atoms with Crippen LogP contribution < -0.4 is 14.9 Å². The van der Waals surface area contributed by atoms with Gasteiger partial charge in [0.25, 0.3) is 5.69 Å². The smallest absolute Gasteiger partial charge is 0.270 e. The maximum absolute atomic E-state index is 11.3. The molecule has 7 nitrogen and oxygen atoms in total. The largest absolute Gasteiger partial charge is 0.497 e. The average molecular weight is 393 g/mol. The maximum Gasteiger partial charge on any atom is 0.270 e.